The molecule has 0 heterocycles. The van der Waals surface area contributed by atoms with Gasteiger partial charge in [-0.1, -0.05) is 52.5 Å². The van der Waals surface area contributed by atoms with Crippen molar-refractivity contribution in [3.63, 3.8) is 0 Å². The Morgan fingerprint density at radius 3 is 1.89 bits per heavy atom. The largest absolute Gasteiger partial charge is 0.294 e. The summed E-state index contributed by atoms with van der Waals surface area (Å²) in [7, 11) is 0. The highest BCUT2D eigenvalue weighted by atomic mass is 35.6. The lowest BCUT2D eigenvalue weighted by Crippen LogP contribution is -2.22. The van der Waals surface area contributed by atoms with Crippen molar-refractivity contribution in [1.82, 2.24) is 0 Å². The lowest BCUT2D eigenvalue weighted by Gasteiger charge is -2.12. The van der Waals surface area contributed by atoms with Crippen LogP contribution < -0.4 is 0 Å². The molecule has 0 radical (unpaired) electrons. The maximum Gasteiger partial charge on any atom is 0.249 e. The number of hydrogen-bond donors (Lipinski definition) is 0. The first-order chi connectivity index (χ1) is 8.12. The molecule has 1 aromatic rings. The van der Waals surface area contributed by atoms with Gasteiger partial charge in [0.05, 0.1) is 6.42 Å². The standard InChI is InChI=1S/C13H13Cl3O2/c1-7-4-8(2)12(9(3)5-7)10(17)6-11(18)13(14,15)16/h4-5H,6H2,1-3H3. The molecule has 0 atom stereocenters. The molecule has 2 nitrogen and oxygen atoms in total. The van der Waals surface area contributed by atoms with Gasteiger partial charge in [0.15, 0.2) is 11.6 Å². The van der Waals surface area contributed by atoms with Crippen LogP contribution in [0.3, 0.4) is 0 Å². The molecular weight excluding hydrogens is 295 g/mol. The van der Waals surface area contributed by atoms with Crippen molar-refractivity contribution in [1.29, 1.82) is 0 Å². The molecule has 0 fully saturated rings. The van der Waals surface area contributed by atoms with E-state index >= 15 is 0 Å². The molecule has 0 amide bonds. The average molecular weight is 308 g/mol. The average Bonchev–Trinajstić information content (AvgIpc) is 2.13. The van der Waals surface area contributed by atoms with Gasteiger partial charge in [-0.2, -0.15) is 0 Å². The number of carbonyl (C=O) groups excluding carboxylic acids is 2. The van der Waals surface area contributed by atoms with E-state index in [2.05, 4.69) is 0 Å². The Labute approximate surface area is 121 Å². The van der Waals surface area contributed by atoms with Gasteiger partial charge in [0, 0.05) is 5.56 Å². The highest BCUT2D eigenvalue weighted by Gasteiger charge is 2.32. The van der Waals surface area contributed by atoms with Crippen LogP contribution in [0, 0.1) is 20.8 Å². The summed E-state index contributed by atoms with van der Waals surface area (Å²) in [5, 5.41) is 0. The van der Waals surface area contributed by atoms with Crippen LogP contribution in [0.15, 0.2) is 12.1 Å². The second kappa shape index (κ2) is 5.60. The van der Waals surface area contributed by atoms with Gasteiger partial charge < -0.3 is 0 Å². The summed E-state index contributed by atoms with van der Waals surface area (Å²) >= 11 is 16.3. The normalized spacial score (nSPS) is 11.4. The Kier molecular flexibility index (Phi) is 4.82. The molecule has 0 saturated heterocycles. The van der Waals surface area contributed by atoms with E-state index < -0.39 is 16.0 Å². The van der Waals surface area contributed by atoms with E-state index in [0.29, 0.717) is 5.56 Å². The summed E-state index contributed by atoms with van der Waals surface area (Å²) in [5.41, 5.74) is 3.25. The fourth-order valence-corrected chi connectivity index (χ4v) is 2.15. The van der Waals surface area contributed by atoms with E-state index in [-0.39, 0.29) is 5.78 Å². The summed E-state index contributed by atoms with van der Waals surface area (Å²) in [4.78, 5) is 23.6. The van der Waals surface area contributed by atoms with Crippen molar-refractivity contribution in [3.05, 3.63) is 34.4 Å². The van der Waals surface area contributed by atoms with E-state index in [1.807, 2.05) is 32.9 Å². The Morgan fingerprint density at radius 2 is 1.50 bits per heavy atom. The van der Waals surface area contributed by atoms with Crippen LogP contribution in [0.5, 0.6) is 0 Å². The number of benzene rings is 1. The van der Waals surface area contributed by atoms with Gasteiger partial charge in [-0.25, -0.2) is 0 Å². The minimum absolute atomic E-state index is 0.318. The van der Waals surface area contributed by atoms with Crippen LogP contribution in [-0.4, -0.2) is 15.4 Å². The van der Waals surface area contributed by atoms with E-state index in [1.165, 1.54) is 0 Å². The molecule has 1 aromatic carbocycles. The summed E-state index contributed by atoms with van der Waals surface area (Å²) in [6.45, 7) is 5.60. The van der Waals surface area contributed by atoms with Gasteiger partial charge in [0.2, 0.25) is 3.79 Å². The van der Waals surface area contributed by atoms with E-state index in [1.54, 1.807) is 0 Å². The summed E-state index contributed by atoms with van der Waals surface area (Å²) in [5.74, 6) is -1.03. The van der Waals surface area contributed by atoms with Crippen molar-refractivity contribution in [3.8, 4) is 0 Å². The molecule has 0 saturated carbocycles. The van der Waals surface area contributed by atoms with Gasteiger partial charge in [0.25, 0.3) is 0 Å². The minimum Gasteiger partial charge on any atom is -0.294 e. The number of Topliss-reactive ketones (excluding diaryl/α,β-unsaturated/α-hetero) is 2. The molecule has 0 unspecified atom stereocenters. The van der Waals surface area contributed by atoms with E-state index in [0.717, 1.165) is 16.7 Å². The fraction of sp³-hybridized carbons (Fsp3) is 0.385. The van der Waals surface area contributed by atoms with Crippen LogP contribution in [-0.2, 0) is 4.79 Å². The van der Waals surface area contributed by atoms with Crippen LogP contribution in [0.1, 0.15) is 33.5 Å². The fourth-order valence-electron chi connectivity index (χ4n) is 1.95. The number of alkyl halides is 3. The smallest absolute Gasteiger partial charge is 0.249 e. The Morgan fingerprint density at radius 1 is 1.06 bits per heavy atom. The van der Waals surface area contributed by atoms with Crippen molar-refractivity contribution >= 4 is 46.4 Å². The van der Waals surface area contributed by atoms with Crippen molar-refractivity contribution in [2.75, 3.05) is 0 Å². The number of halogens is 3. The second-order valence-electron chi connectivity index (χ2n) is 4.29. The van der Waals surface area contributed by atoms with E-state index in [9.17, 15) is 9.59 Å². The first-order valence-corrected chi connectivity index (χ1v) is 6.47. The molecule has 18 heavy (non-hydrogen) atoms. The number of rotatable bonds is 3. The van der Waals surface area contributed by atoms with Gasteiger partial charge in [-0.3, -0.25) is 9.59 Å². The SMILES string of the molecule is Cc1cc(C)c(C(=O)CC(=O)C(Cl)(Cl)Cl)c(C)c1. The molecule has 0 aliphatic rings. The zero-order valence-corrected chi connectivity index (χ0v) is 12.6. The predicted octanol–water partition coefficient (Wildman–Crippen LogP) is 4.12. The summed E-state index contributed by atoms with van der Waals surface area (Å²) in [6, 6.07) is 3.78. The molecular formula is C13H13Cl3O2. The van der Waals surface area contributed by atoms with Gasteiger partial charge in [-0.05, 0) is 31.9 Å². The van der Waals surface area contributed by atoms with Crippen LogP contribution in [0.2, 0.25) is 0 Å². The zero-order valence-electron chi connectivity index (χ0n) is 10.3. The molecule has 1 rings (SSSR count). The Hall–Kier alpha value is -0.570. The van der Waals surface area contributed by atoms with Crippen LogP contribution in [0.4, 0.5) is 0 Å². The Bertz CT molecular complexity index is 478. The highest BCUT2D eigenvalue weighted by molar-refractivity contribution is 6.76. The molecule has 0 N–H and O–H groups in total. The summed E-state index contributed by atoms with van der Waals surface area (Å²) in [6.07, 6.45) is -0.402. The van der Waals surface area contributed by atoms with Crippen LogP contribution >= 0.6 is 34.8 Å². The number of ketones is 2. The predicted molar refractivity (Wildman–Crippen MR) is 74.9 cm³/mol. The lowest BCUT2D eigenvalue weighted by atomic mass is 9.94. The maximum atomic E-state index is 12.1. The van der Waals surface area contributed by atoms with Crippen molar-refractivity contribution < 1.29 is 9.59 Å². The van der Waals surface area contributed by atoms with Gasteiger partial charge in [0.1, 0.15) is 0 Å². The first-order valence-electron chi connectivity index (χ1n) is 5.34. The second-order valence-corrected chi connectivity index (χ2v) is 6.58. The number of aryl methyl sites for hydroxylation is 3. The molecule has 0 aromatic heterocycles. The highest BCUT2D eigenvalue weighted by Crippen LogP contribution is 2.29. The third-order valence-electron chi connectivity index (χ3n) is 2.59. The maximum absolute atomic E-state index is 12.1. The quantitative estimate of drug-likeness (QED) is 0.478. The zero-order chi connectivity index (χ0) is 14.1. The van der Waals surface area contributed by atoms with Crippen LogP contribution in [0.25, 0.3) is 0 Å². The van der Waals surface area contributed by atoms with Crippen molar-refractivity contribution in [2.24, 2.45) is 0 Å². The monoisotopic (exact) mass is 306 g/mol. The molecule has 0 aliphatic carbocycles. The molecule has 0 aliphatic heterocycles. The Balaban J connectivity index is 3.03. The van der Waals surface area contributed by atoms with E-state index in [4.69, 9.17) is 34.8 Å². The topological polar surface area (TPSA) is 34.1 Å². The third kappa shape index (κ3) is 3.71. The lowest BCUT2D eigenvalue weighted by molar-refractivity contribution is -0.117. The molecule has 0 bridgehead atoms. The van der Waals surface area contributed by atoms with Gasteiger partial charge in [-0.15, -0.1) is 0 Å². The first kappa shape index (κ1) is 15.5. The molecule has 5 heteroatoms. The van der Waals surface area contributed by atoms with Crippen molar-refractivity contribution in [2.45, 2.75) is 31.0 Å². The molecule has 98 valence electrons. The van der Waals surface area contributed by atoms with Gasteiger partial charge >= 0.3 is 0 Å². The number of carbonyl (C=O) groups is 2. The third-order valence-corrected chi connectivity index (χ3v) is 3.23. The summed E-state index contributed by atoms with van der Waals surface area (Å²) < 4.78 is -2.04. The minimum atomic E-state index is -2.04. The number of hydrogen-bond acceptors (Lipinski definition) is 2. The molecule has 0 spiro atoms.